The van der Waals surface area contributed by atoms with Crippen molar-refractivity contribution in [2.75, 3.05) is 0 Å². The van der Waals surface area contributed by atoms with Crippen molar-refractivity contribution in [2.24, 2.45) is 0 Å². The van der Waals surface area contributed by atoms with E-state index in [-0.39, 0.29) is 5.75 Å². The van der Waals surface area contributed by atoms with Crippen LogP contribution in [0.1, 0.15) is 59.3 Å². The highest BCUT2D eigenvalue weighted by Gasteiger charge is 2.49. The predicted molar refractivity (Wildman–Crippen MR) is 107 cm³/mol. The molecule has 0 atom stereocenters. The average Bonchev–Trinajstić information content (AvgIpc) is 2.61. The highest BCUT2D eigenvalue weighted by atomic mass is 32.2. The van der Waals surface area contributed by atoms with Crippen molar-refractivity contribution in [1.29, 1.82) is 0 Å². The largest absolute Gasteiger partial charge is 0.534 e. The number of hydrogen-bond acceptors (Lipinski definition) is 3. The lowest BCUT2D eigenvalue weighted by molar-refractivity contribution is -0.0499. The summed E-state index contributed by atoms with van der Waals surface area (Å²) >= 11 is 0. The number of hydrogen-bond donors (Lipinski definition) is 0. The molecule has 0 fully saturated rings. The van der Waals surface area contributed by atoms with Gasteiger partial charge in [-0.3, -0.25) is 0 Å². The topological polar surface area (TPSA) is 43.4 Å². The molecule has 0 spiro atoms. The SMILES string of the molecule is CCCC[Si](CCCC)(CCCC)c1ccccc1OS(=O)(=O)C(F)(F)F. The summed E-state index contributed by atoms with van der Waals surface area (Å²) in [5.74, 6) is -0.134. The molecule has 3 nitrogen and oxygen atoms in total. The lowest BCUT2D eigenvalue weighted by Crippen LogP contribution is -2.48. The fourth-order valence-electron chi connectivity index (χ4n) is 3.47. The van der Waals surface area contributed by atoms with Crippen molar-refractivity contribution in [3.05, 3.63) is 24.3 Å². The van der Waals surface area contributed by atoms with E-state index < -0.39 is 23.7 Å². The Hall–Kier alpha value is -1.02. The maximum atomic E-state index is 12.9. The van der Waals surface area contributed by atoms with Crippen LogP contribution in [0.25, 0.3) is 0 Å². The standard InChI is InChI=1S/C19H31F3O3SSi/c1-4-7-14-27(15-8-5-2,16-9-6-3)18-13-11-10-12-17(18)25-26(23,24)19(20,21)22/h10-13H,4-9,14-16H2,1-3H3. The van der Waals surface area contributed by atoms with Crippen LogP contribution in [-0.4, -0.2) is 22.0 Å². The smallest absolute Gasteiger partial charge is 0.376 e. The number of rotatable bonds is 12. The molecule has 1 rings (SSSR count). The van der Waals surface area contributed by atoms with Crippen molar-refractivity contribution >= 4 is 23.4 Å². The first-order valence-electron chi connectivity index (χ1n) is 9.73. The second-order valence-electron chi connectivity index (χ2n) is 7.07. The summed E-state index contributed by atoms with van der Waals surface area (Å²) in [5.41, 5.74) is -5.43. The molecule has 1 aromatic carbocycles. The summed E-state index contributed by atoms with van der Waals surface area (Å²) in [4.78, 5) is 0. The molecule has 27 heavy (non-hydrogen) atoms. The van der Waals surface area contributed by atoms with E-state index in [1.165, 1.54) is 12.1 Å². The predicted octanol–water partition coefficient (Wildman–Crippen LogP) is 5.97. The molecule has 0 radical (unpaired) electrons. The van der Waals surface area contributed by atoms with Crippen LogP contribution in [0, 0.1) is 0 Å². The van der Waals surface area contributed by atoms with Crippen molar-refractivity contribution < 1.29 is 25.8 Å². The van der Waals surface area contributed by atoms with Crippen LogP contribution in [0.5, 0.6) is 5.75 Å². The Bertz CT molecular complexity index is 653. The fourth-order valence-corrected chi connectivity index (χ4v) is 9.77. The molecule has 0 amide bonds. The number of halogens is 3. The number of alkyl halides is 3. The zero-order valence-corrected chi connectivity index (χ0v) is 18.3. The summed E-state index contributed by atoms with van der Waals surface area (Å²) < 4.78 is 66.4. The molecule has 0 unspecified atom stereocenters. The van der Waals surface area contributed by atoms with Gasteiger partial charge in [-0.2, -0.15) is 21.6 Å². The van der Waals surface area contributed by atoms with Crippen LogP contribution in [0.15, 0.2) is 24.3 Å². The Morgan fingerprint density at radius 2 is 1.33 bits per heavy atom. The molecule has 0 aliphatic carbocycles. The van der Waals surface area contributed by atoms with Gasteiger partial charge in [0, 0.05) is 0 Å². The van der Waals surface area contributed by atoms with Crippen LogP contribution in [0.2, 0.25) is 18.1 Å². The Morgan fingerprint density at radius 3 is 1.74 bits per heavy atom. The van der Waals surface area contributed by atoms with Crippen molar-refractivity contribution in [1.82, 2.24) is 0 Å². The van der Waals surface area contributed by atoms with Crippen LogP contribution in [0.3, 0.4) is 0 Å². The summed E-state index contributed by atoms with van der Waals surface area (Å²) in [7, 11) is -7.87. The lowest BCUT2D eigenvalue weighted by Gasteiger charge is -2.34. The van der Waals surface area contributed by atoms with Gasteiger partial charge in [-0.15, -0.1) is 0 Å². The van der Waals surface area contributed by atoms with E-state index in [1.807, 2.05) is 0 Å². The highest BCUT2D eigenvalue weighted by molar-refractivity contribution is 7.88. The number of benzene rings is 1. The molecule has 0 aliphatic heterocycles. The van der Waals surface area contributed by atoms with E-state index in [1.54, 1.807) is 12.1 Å². The highest BCUT2D eigenvalue weighted by Crippen LogP contribution is 2.33. The molecular weight excluding hydrogens is 393 g/mol. The monoisotopic (exact) mass is 424 g/mol. The lowest BCUT2D eigenvalue weighted by atomic mass is 10.3. The Labute approximate surface area is 162 Å². The molecule has 1 aromatic rings. The molecule has 0 saturated carbocycles. The van der Waals surface area contributed by atoms with Crippen molar-refractivity contribution in [3.63, 3.8) is 0 Å². The third kappa shape index (κ3) is 6.52. The Balaban J connectivity index is 3.43. The quantitative estimate of drug-likeness (QED) is 0.236. The van der Waals surface area contributed by atoms with Gasteiger partial charge in [0.05, 0.1) is 8.07 Å². The summed E-state index contributed by atoms with van der Waals surface area (Å²) in [6, 6.07) is 9.28. The van der Waals surface area contributed by atoms with Gasteiger partial charge in [-0.05, 0) is 11.3 Å². The number of unbranched alkanes of at least 4 members (excludes halogenated alkanes) is 3. The van der Waals surface area contributed by atoms with E-state index in [9.17, 15) is 21.6 Å². The molecule has 156 valence electrons. The first-order chi connectivity index (χ1) is 12.6. The van der Waals surface area contributed by atoms with Gasteiger partial charge < -0.3 is 4.18 Å². The second-order valence-corrected chi connectivity index (χ2v) is 13.2. The minimum Gasteiger partial charge on any atom is -0.376 e. The van der Waals surface area contributed by atoms with Crippen LogP contribution < -0.4 is 9.37 Å². The van der Waals surface area contributed by atoms with Crippen LogP contribution in [-0.2, 0) is 10.1 Å². The maximum Gasteiger partial charge on any atom is 0.534 e. The molecule has 0 aliphatic rings. The van der Waals surface area contributed by atoms with E-state index in [0.717, 1.165) is 56.7 Å². The molecule has 0 bridgehead atoms. The van der Waals surface area contributed by atoms with Gasteiger partial charge >= 0.3 is 15.6 Å². The molecule has 0 saturated heterocycles. The summed E-state index contributed by atoms with van der Waals surface area (Å²) in [6.45, 7) is 6.28. The third-order valence-electron chi connectivity index (χ3n) is 4.97. The van der Waals surface area contributed by atoms with Gasteiger partial charge in [-0.1, -0.05) is 95.6 Å². The van der Waals surface area contributed by atoms with Crippen molar-refractivity contribution in [3.8, 4) is 5.75 Å². The van der Waals surface area contributed by atoms with E-state index in [2.05, 4.69) is 25.0 Å². The normalized spacial score (nSPS) is 13.0. The minimum atomic E-state index is -5.67. The Morgan fingerprint density at radius 1 is 0.889 bits per heavy atom. The van der Waals surface area contributed by atoms with Crippen LogP contribution in [0.4, 0.5) is 13.2 Å². The second kappa shape index (κ2) is 10.5. The van der Waals surface area contributed by atoms with Crippen LogP contribution >= 0.6 is 0 Å². The molecule has 0 N–H and O–H groups in total. The molecule has 8 heteroatoms. The summed E-state index contributed by atoms with van der Waals surface area (Å²) in [5, 5.41) is 0.716. The first-order valence-corrected chi connectivity index (χ1v) is 13.8. The van der Waals surface area contributed by atoms with E-state index >= 15 is 0 Å². The molecular formula is C19H31F3O3SSi. The summed E-state index contributed by atoms with van der Waals surface area (Å²) in [6.07, 6.45) is 5.95. The number of para-hydroxylation sites is 1. The minimum absolute atomic E-state index is 0.134. The van der Waals surface area contributed by atoms with Gasteiger partial charge in [-0.25, -0.2) is 0 Å². The maximum absolute atomic E-state index is 12.9. The zero-order valence-electron chi connectivity index (χ0n) is 16.4. The zero-order chi connectivity index (χ0) is 20.6. The molecule has 0 heterocycles. The van der Waals surface area contributed by atoms with Gasteiger partial charge in [0.25, 0.3) is 0 Å². The first kappa shape index (κ1) is 24.0. The van der Waals surface area contributed by atoms with E-state index in [0.29, 0.717) is 5.19 Å². The molecule has 0 aromatic heterocycles. The van der Waals surface area contributed by atoms with Gasteiger partial charge in [0.15, 0.2) is 0 Å². The third-order valence-corrected chi connectivity index (χ3v) is 11.4. The fraction of sp³-hybridized carbons (Fsp3) is 0.684. The van der Waals surface area contributed by atoms with Gasteiger partial charge in [0.1, 0.15) is 5.75 Å². The van der Waals surface area contributed by atoms with E-state index in [4.69, 9.17) is 0 Å². The average molecular weight is 425 g/mol. The Kier molecular flexibility index (Phi) is 9.34. The van der Waals surface area contributed by atoms with Crippen molar-refractivity contribution in [2.45, 2.75) is 82.9 Å². The van der Waals surface area contributed by atoms with Gasteiger partial charge in [0.2, 0.25) is 0 Å².